The van der Waals surface area contributed by atoms with Gasteiger partial charge in [-0.1, -0.05) is 13.0 Å². The van der Waals surface area contributed by atoms with Crippen molar-refractivity contribution in [3.8, 4) is 0 Å². The van der Waals surface area contributed by atoms with Gasteiger partial charge in [-0.05, 0) is 31.0 Å². The Hall–Kier alpha value is -1.77. The lowest BCUT2D eigenvalue weighted by atomic mass is 10.1. The Kier molecular flexibility index (Phi) is 2.23. The fraction of sp³-hybridized carbons (Fsp3) is 0.250. The minimum atomic E-state index is -0.869. The van der Waals surface area contributed by atoms with E-state index in [1.165, 1.54) is 0 Å². The third-order valence-electron chi connectivity index (χ3n) is 2.67. The summed E-state index contributed by atoms with van der Waals surface area (Å²) >= 11 is 0. The number of aromatic amines is 1. The summed E-state index contributed by atoms with van der Waals surface area (Å²) in [7, 11) is 0. The summed E-state index contributed by atoms with van der Waals surface area (Å²) in [4.78, 5) is 14.2. The summed E-state index contributed by atoms with van der Waals surface area (Å²) in [6.07, 6.45) is 0.916. The maximum Gasteiger partial charge on any atom is 0.338 e. The van der Waals surface area contributed by atoms with Crippen LogP contribution in [0, 0.1) is 6.92 Å². The highest BCUT2D eigenvalue weighted by molar-refractivity contribution is 6.04. The first kappa shape index (κ1) is 9.77. The Morgan fingerprint density at radius 1 is 1.47 bits per heavy atom. The Balaban J connectivity index is 2.77. The van der Waals surface area contributed by atoms with E-state index in [9.17, 15) is 4.79 Å². The van der Waals surface area contributed by atoms with Crippen molar-refractivity contribution in [2.75, 3.05) is 0 Å². The van der Waals surface area contributed by atoms with Crippen molar-refractivity contribution in [2.45, 2.75) is 20.3 Å². The number of aryl methyl sites for hydroxylation is 2. The van der Waals surface area contributed by atoms with Crippen LogP contribution in [0.15, 0.2) is 18.2 Å². The van der Waals surface area contributed by atoms with Crippen LogP contribution >= 0.6 is 0 Å². The molecule has 2 rings (SSSR count). The number of aromatic carboxylic acids is 1. The van der Waals surface area contributed by atoms with Crippen LogP contribution in [-0.4, -0.2) is 16.1 Å². The molecule has 0 bridgehead atoms. The number of fused-ring (bicyclic) bond motifs is 1. The van der Waals surface area contributed by atoms with Crippen molar-refractivity contribution in [2.24, 2.45) is 0 Å². The SMILES string of the molecule is CCc1ccc2[nH]c(C)c(C(=O)O)c2c1. The van der Waals surface area contributed by atoms with E-state index in [1.807, 2.05) is 18.2 Å². The standard InChI is InChI=1S/C12H13NO2/c1-3-8-4-5-10-9(6-8)11(12(14)15)7(2)13-10/h4-6,13H,3H2,1-2H3,(H,14,15). The van der Waals surface area contributed by atoms with Gasteiger partial charge >= 0.3 is 5.97 Å². The minimum Gasteiger partial charge on any atom is -0.478 e. The maximum atomic E-state index is 11.1. The molecule has 3 nitrogen and oxygen atoms in total. The van der Waals surface area contributed by atoms with E-state index < -0.39 is 5.97 Å². The van der Waals surface area contributed by atoms with Gasteiger partial charge in [-0.25, -0.2) is 4.79 Å². The minimum absolute atomic E-state index is 0.389. The second-order valence-corrected chi connectivity index (χ2v) is 3.66. The van der Waals surface area contributed by atoms with Gasteiger partial charge in [0, 0.05) is 16.6 Å². The number of carbonyl (C=O) groups is 1. The molecule has 0 radical (unpaired) electrons. The van der Waals surface area contributed by atoms with Crippen LogP contribution in [0.1, 0.15) is 28.5 Å². The number of nitrogens with one attached hydrogen (secondary N) is 1. The first-order chi connectivity index (χ1) is 7.13. The van der Waals surface area contributed by atoms with E-state index in [1.54, 1.807) is 6.92 Å². The lowest BCUT2D eigenvalue weighted by molar-refractivity contribution is 0.0698. The van der Waals surface area contributed by atoms with Crippen LogP contribution in [-0.2, 0) is 6.42 Å². The second kappa shape index (κ2) is 3.42. The van der Waals surface area contributed by atoms with E-state index in [2.05, 4.69) is 11.9 Å². The summed E-state index contributed by atoms with van der Waals surface area (Å²) in [5, 5.41) is 9.90. The number of hydrogen-bond acceptors (Lipinski definition) is 1. The number of carboxylic acids is 1. The van der Waals surface area contributed by atoms with E-state index in [0.29, 0.717) is 11.3 Å². The molecule has 1 heterocycles. The van der Waals surface area contributed by atoms with Gasteiger partial charge in [-0.2, -0.15) is 0 Å². The van der Waals surface area contributed by atoms with Crippen LogP contribution in [0.2, 0.25) is 0 Å². The Morgan fingerprint density at radius 2 is 2.20 bits per heavy atom. The maximum absolute atomic E-state index is 11.1. The lowest BCUT2D eigenvalue weighted by Crippen LogP contribution is -1.97. The van der Waals surface area contributed by atoms with Crippen LogP contribution in [0.4, 0.5) is 0 Å². The summed E-state index contributed by atoms with van der Waals surface area (Å²) in [6, 6.07) is 5.90. The van der Waals surface area contributed by atoms with Gasteiger partial charge in [0.1, 0.15) is 0 Å². The second-order valence-electron chi connectivity index (χ2n) is 3.66. The summed E-state index contributed by atoms with van der Waals surface area (Å²) in [5.41, 5.74) is 3.15. The van der Waals surface area contributed by atoms with Gasteiger partial charge in [-0.15, -0.1) is 0 Å². The Bertz CT molecular complexity index is 526. The Morgan fingerprint density at radius 3 is 2.80 bits per heavy atom. The quantitative estimate of drug-likeness (QED) is 0.788. The van der Waals surface area contributed by atoms with Crippen LogP contribution in [0.25, 0.3) is 10.9 Å². The molecule has 1 aromatic heterocycles. The van der Waals surface area contributed by atoms with Gasteiger partial charge in [0.25, 0.3) is 0 Å². The van der Waals surface area contributed by atoms with Crippen molar-refractivity contribution in [1.29, 1.82) is 0 Å². The smallest absolute Gasteiger partial charge is 0.338 e. The van der Waals surface area contributed by atoms with E-state index in [0.717, 1.165) is 22.9 Å². The summed E-state index contributed by atoms with van der Waals surface area (Å²) < 4.78 is 0. The lowest BCUT2D eigenvalue weighted by Gasteiger charge is -1.97. The fourth-order valence-electron chi connectivity index (χ4n) is 1.87. The Labute approximate surface area is 87.7 Å². The molecule has 2 N–H and O–H groups in total. The molecule has 2 aromatic rings. The first-order valence-corrected chi connectivity index (χ1v) is 4.98. The molecular formula is C12H13NO2. The molecule has 0 atom stereocenters. The topological polar surface area (TPSA) is 53.1 Å². The zero-order chi connectivity index (χ0) is 11.0. The molecule has 0 unspecified atom stereocenters. The third-order valence-corrected chi connectivity index (χ3v) is 2.67. The molecule has 0 amide bonds. The molecule has 0 saturated heterocycles. The molecule has 3 heteroatoms. The number of aromatic nitrogens is 1. The molecular weight excluding hydrogens is 190 g/mol. The number of hydrogen-bond donors (Lipinski definition) is 2. The molecule has 0 aliphatic carbocycles. The zero-order valence-corrected chi connectivity index (χ0v) is 8.79. The van der Waals surface area contributed by atoms with Crippen LogP contribution in [0.3, 0.4) is 0 Å². The number of benzene rings is 1. The van der Waals surface area contributed by atoms with Gasteiger partial charge in [0.05, 0.1) is 5.56 Å². The molecule has 0 spiro atoms. The summed E-state index contributed by atoms with van der Waals surface area (Å²) in [5.74, 6) is -0.869. The van der Waals surface area contributed by atoms with Crippen molar-refractivity contribution in [3.05, 3.63) is 35.0 Å². The van der Waals surface area contributed by atoms with Gasteiger partial charge in [0.15, 0.2) is 0 Å². The predicted molar refractivity (Wildman–Crippen MR) is 59.4 cm³/mol. The molecule has 0 fully saturated rings. The molecule has 1 aromatic carbocycles. The average molecular weight is 203 g/mol. The van der Waals surface area contributed by atoms with E-state index >= 15 is 0 Å². The number of H-pyrrole nitrogens is 1. The van der Waals surface area contributed by atoms with Crippen LogP contribution < -0.4 is 0 Å². The first-order valence-electron chi connectivity index (χ1n) is 4.98. The van der Waals surface area contributed by atoms with Crippen molar-refractivity contribution in [3.63, 3.8) is 0 Å². The predicted octanol–water partition coefficient (Wildman–Crippen LogP) is 2.74. The van der Waals surface area contributed by atoms with Crippen molar-refractivity contribution < 1.29 is 9.90 Å². The number of rotatable bonds is 2. The number of carboxylic acid groups (broad SMARTS) is 1. The highest BCUT2D eigenvalue weighted by Gasteiger charge is 2.14. The monoisotopic (exact) mass is 203 g/mol. The molecule has 15 heavy (non-hydrogen) atoms. The third kappa shape index (κ3) is 1.50. The van der Waals surface area contributed by atoms with E-state index in [-0.39, 0.29) is 0 Å². The van der Waals surface area contributed by atoms with E-state index in [4.69, 9.17) is 5.11 Å². The highest BCUT2D eigenvalue weighted by atomic mass is 16.4. The molecule has 0 aliphatic heterocycles. The average Bonchev–Trinajstić information content (AvgIpc) is 2.52. The zero-order valence-electron chi connectivity index (χ0n) is 8.79. The normalized spacial score (nSPS) is 10.8. The molecule has 0 aliphatic rings. The van der Waals surface area contributed by atoms with Crippen molar-refractivity contribution in [1.82, 2.24) is 4.98 Å². The van der Waals surface area contributed by atoms with Crippen molar-refractivity contribution >= 4 is 16.9 Å². The molecule has 0 saturated carbocycles. The van der Waals surface area contributed by atoms with Crippen LogP contribution in [0.5, 0.6) is 0 Å². The van der Waals surface area contributed by atoms with Gasteiger partial charge in [-0.3, -0.25) is 0 Å². The molecule has 78 valence electrons. The fourth-order valence-corrected chi connectivity index (χ4v) is 1.87. The summed E-state index contributed by atoms with van der Waals surface area (Å²) in [6.45, 7) is 3.84. The highest BCUT2D eigenvalue weighted by Crippen LogP contribution is 2.23. The van der Waals surface area contributed by atoms with Gasteiger partial charge < -0.3 is 10.1 Å². The van der Waals surface area contributed by atoms with Gasteiger partial charge in [0.2, 0.25) is 0 Å². The largest absolute Gasteiger partial charge is 0.478 e.